The van der Waals surface area contributed by atoms with Crippen molar-refractivity contribution >= 4 is 23.4 Å². The summed E-state index contributed by atoms with van der Waals surface area (Å²) in [5, 5.41) is 8.42. The summed E-state index contributed by atoms with van der Waals surface area (Å²) in [5.41, 5.74) is 7.02. The van der Waals surface area contributed by atoms with Crippen molar-refractivity contribution in [1.82, 2.24) is 10.6 Å². The van der Waals surface area contributed by atoms with E-state index in [0.29, 0.717) is 36.4 Å². The highest BCUT2D eigenvalue weighted by molar-refractivity contribution is 6.00. The minimum atomic E-state index is -0.508. The SMILES string of the molecule is CNC(=O)c1ccc(N)cc1NCCCNC(=O)OC(C)(C)C. The number of ether oxygens (including phenoxy) is 1. The molecule has 0 saturated carbocycles. The molecule has 0 unspecified atom stereocenters. The molecule has 7 nitrogen and oxygen atoms in total. The number of hydrogen-bond donors (Lipinski definition) is 4. The van der Waals surface area contributed by atoms with Gasteiger partial charge in [0.15, 0.2) is 0 Å². The van der Waals surface area contributed by atoms with E-state index in [4.69, 9.17) is 10.5 Å². The molecular formula is C16H26N4O3. The predicted octanol–water partition coefficient (Wildman–Crippen LogP) is 1.96. The summed E-state index contributed by atoms with van der Waals surface area (Å²) in [5.74, 6) is -0.181. The van der Waals surface area contributed by atoms with Crippen LogP contribution >= 0.6 is 0 Å². The van der Waals surface area contributed by atoms with Crippen LogP contribution in [0.5, 0.6) is 0 Å². The molecule has 2 amide bonds. The summed E-state index contributed by atoms with van der Waals surface area (Å²) in [6, 6.07) is 5.07. The van der Waals surface area contributed by atoms with Gasteiger partial charge in [0.2, 0.25) is 0 Å². The molecule has 128 valence electrons. The summed E-state index contributed by atoms with van der Waals surface area (Å²) in [4.78, 5) is 23.3. The molecule has 0 aromatic heterocycles. The van der Waals surface area contributed by atoms with Crippen molar-refractivity contribution in [2.45, 2.75) is 32.8 Å². The molecule has 5 N–H and O–H groups in total. The largest absolute Gasteiger partial charge is 0.444 e. The Morgan fingerprint density at radius 2 is 1.91 bits per heavy atom. The maximum atomic E-state index is 11.8. The van der Waals surface area contributed by atoms with Gasteiger partial charge in [-0.1, -0.05) is 0 Å². The third kappa shape index (κ3) is 6.90. The number of nitrogen functional groups attached to an aromatic ring is 1. The number of anilines is 2. The van der Waals surface area contributed by atoms with E-state index in [1.165, 1.54) is 0 Å². The molecule has 7 heteroatoms. The average molecular weight is 322 g/mol. The van der Waals surface area contributed by atoms with Gasteiger partial charge in [0.05, 0.1) is 5.56 Å². The molecular weight excluding hydrogens is 296 g/mol. The van der Waals surface area contributed by atoms with Crippen LogP contribution in [0.25, 0.3) is 0 Å². The minimum Gasteiger partial charge on any atom is -0.444 e. The number of alkyl carbamates (subject to hydrolysis) is 1. The van der Waals surface area contributed by atoms with Gasteiger partial charge in [0, 0.05) is 31.5 Å². The lowest BCUT2D eigenvalue weighted by molar-refractivity contribution is 0.0527. The van der Waals surface area contributed by atoms with Crippen LogP contribution in [0.3, 0.4) is 0 Å². The Kier molecular flexibility index (Phi) is 6.68. The summed E-state index contributed by atoms with van der Waals surface area (Å²) < 4.78 is 5.14. The number of rotatable bonds is 6. The zero-order valence-electron chi connectivity index (χ0n) is 14.2. The normalized spacial score (nSPS) is 10.8. The van der Waals surface area contributed by atoms with E-state index < -0.39 is 11.7 Å². The monoisotopic (exact) mass is 322 g/mol. The van der Waals surface area contributed by atoms with Crippen molar-refractivity contribution in [2.24, 2.45) is 0 Å². The van der Waals surface area contributed by atoms with Crippen molar-refractivity contribution in [3.63, 3.8) is 0 Å². The number of nitrogens with two attached hydrogens (primary N) is 1. The Morgan fingerprint density at radius 3 is 2.52 bits per heavy atom. The van der Waals surface area contributed by atoms with Crippen molar-refractivity contribution in [3.8, 4) is 0 Å². The van der Waals surface area contributed by atoms with E-state index in [0.717, 1.165) is 0 Å². The average Bonchev–Trinajstić information content (AvgIpc) is 2.44. The number of hydrogen-bond acceptors (Lipinski definition) is 5. The molecule has 0 aliphatic heterocycles. The standard InChI is InChI=1S/C16H26N4O3/c1-16(2,3)23-15(22)20-9-5-8-19-13-10-11(17)6-7-12(13)14(21)18-4/h6-7,10,19H,5,8-9,17H2,1-4H3,(H,18,21)(H,20,22). The first kappa shape index (κ1) is 18.6. The summed E-state index contributed by atoms with van der Waals surface area (Å²) in [6.45, 7) is 6.50. The second-order valence-electron chi connectivity index (χ2n) is 6.09. The van der Waals surface area contributed by atoms with Gasteiger partial charge < -0.3 is 26.4 Å². The van der Waals surface area contributed by atoms with Crippen molar-refractivity contribution in [2.75, 3.05) is 31.2 Å². The number of benzene rings is 1. The molecule has 1 aromatic rings. The zero-order chi connectivity index (χ0) is 17.5. The van der Waals surface area contributed by atoms with Gasteiger partial charge in [0.25, 0.3) is 5.91 Å². The number of nitrogens with one attached hydrogen (secondary N) is 3. The predicted molar refractivity (Wildman–Crippen MR) is 91.6 cm³/mol. The third-order valence-electron chi connectivity index (χ3n) is 2.85. The van der Waals surface area contributed by atoms with Gasteiger partial charge in [-0.3, -0.25) is 4.79 Å². The van der Waals surface area contributed by atoms with E-state index in [9.17, 15) is 9.59 Å². The summed E-state index contributed by atoms with van der Waals surface area (Å²) in [6.07, 6.45) is 0.244. The van der Waals surface area contributed by atoms with Crippen LogP contribution in [0.2, 0.25) is 0 Å². The molecule has 0 bridgehead atoms. The van der Waals surface area contributed by atoms with Gasteiger partial charge in [0.1, 0.15) is 5.60 Å². The lowest BCUT2D eigenvalue weighted by Gasteiger charge is -2.19. The molecule has 1 aromatic carbocycles. The number of carbonyl (C=O) groups excluding carboxylic acids is 2. The Morgan fingerprint density at radius 1 is 1.22 bits per heavy atom. The van der Waals surface area contributed by atoms with Crippen LogP contribution in [-0.2, 0) is 4.74 Å². The van der Waals surface area contributed by atoms with E-state index in [-0.39, 0.29) is 5.91 Å². The van der Waals surface area contributed by atoms with Crippen LogP contribution in [0, 0.1) is 0 Å². The topological polar surface area (TPSA) is 105 Å². The van der Waals surface area contributed by atoms with Crippen LogP contribution < -0.4 is 21.7 Å². The Labute approximate surface area is 137 Å². The van der Waals surface area contributed by atoms with E-state index >= 15 is 0 Å². The smallest absolute Gasteiger partial charge is 0.407 e. The molecule has 23 heavy (non-hydrogen) atoms. The molecule has 0 aliphatic rings. The Hall–Kier alpha value is -2.44. The molecule has 1 rings (SSSR count). The maximum Gasteiger partial charge on any atom is 0.407 e. The highest BCUT2D eigenvalue weighted by atomic mass is 16.6. The second-order valence-corrected chi connectivity index (χ2v) is 6.09. The molecule has 0 radical (unpaired) electrons. The number of carbonyl (C=O) groups is 2. The first-order valence-corrected chi connectivity index (χ1v) is 7.55. The Bertz CT molecular complexity index is 553. The molecule has 0 atom stereocenters. The van der Waals surface area contributed by atoms with Gasteiger partial charge in [-0.2, -0.15) is 0 Å². The minimum absolute atomic E-state index is 0.181. The quantitative estimate of drug-likeness (QED) is 0.473. The highest BCUT2D eigenvalue weighted by Crippen LogP contribution is 2.19. The zero-order valence-corrected chi connectivity index (χ0v) is 14.2. The summed E-state index contributed by atoms with van der Waals surface area (Å²) >= 11 is 0. The molecule has 0 saturated heterocycles. The van der Waals surface area contributed by atoms with Gasteiger partial charge >= 0.3 is 6.09 Å². The van der Waals surface area contributed by atoms with Crippen LogP contribution in [0.1, 0.15) is 37.6 Å². The first-order valence-electron chi connectivity index (χ1n) is 7.55. The van der Waals surface area contributed by atoms with E-state index in [1.54, 1.807) is 25.2 Å². The fraction of sp³-hybridized carbons (Fsp3) is 0.500. The fourth-order valence-electron chi connectivity index (χ4n) is 1.86. The van der Waals surface area contributed by atoms with Crippen LogP contribution in [-0.4, -0.2) is 37.7 Å². The number of amides is 2. The van der Waals surface area contributed by atoms with Crippen molar-refractivity contribution in [1.29, 1.82) is 0 Å². The van der Waals surface area contributed by atoms with Crippen LogP contribution in [0.15, 0.2) is 18.2 Å². The van der Waals surface area contributed by atoms with Crippen molar-refractivity contribution < 1.29 is 14.3 Å². The van der Waals surface area contributed by atoms with Crippen LogP contribution in [0.4, 0.5) is 16.2 Å². The maximum absolute atomic E-state index is 11.8. The van der Waals surface area contributed by atoms with E-state index in [1.807, 2.05) is 20.8 Å². The fourth-order valence-corrected chi connectivity index (χ4v) is 1.86. The lowest BCUT2D eigenvalue weighted by Crippen LogP contribution is -2.33. The van der Waals surface area contributed by atoms with Gasteiger partial charge in [-0.25, -0.2) is 4.79 Å². The second kappa shape index (κ2) is 8.26. The first-order chi connectivity index (χ1) is 10.7. The van der Waals surface area contributed by atoms with E-state index in [2.05, 4.69) is 16.0 Å². The van der Waals surface area contributed by atoms with Crippen molar-refractivity contribution in [3.05, 3.63) is 23.8 Å². The molecule has 0 fully saturated rings. The molecule has 0 spiro atoms. The lowest BCUT2D eigenvalue weighted by atomic mass is 10.1. The Balaban J connectivity index is 2.43. The van der Waals surface area contributed by atoms with Gasteiger partial charge in [-0.15, -0.1) is 0 Å². The molecule has 0 aliphatic carbocycles. The molecule has 0 heterocycles. The highest BCUT2D eigenvalue weighted by Gasteiger charge is 2.15. The third-order valence-corrected chi connectivity index (χ3v) is 2.85. The summed E-state index contributed by atoms with van der Waals surface area (Å²) in [7, 11) is 1.58. The van der Waals surface area contributed by atoms with Gasteiger partial charge in [-0.05, 0) is 45.4 Å².